The van der Waals surface area contributed by atoms with Gasteiger partial charge in [-0.2, -0.15) is 0 Å². The highest BCUT2D eigenvalue weighted by Gasteiger charge is 2.16. The van der Waals surface area contributed by atoms with E-state index in [0.717, 1.165) is 19.4 Å². The molecule has 1 atom stereocenters. The fourth-order valence-corrected chi connectivity index (χ4v) is 1.28. The lowest BCUT2D eigenvalue weighted by atomic mass is 10.2. The van der Waals surface area contributed by atoms with Crippen LogP contribution in [0.5, 0.6) is 0 Å². The maximum Gasteiger partial charge on any atom is 0.305 e. The highest BCUT2D eigenvalue weighted by molar-refractivity contribution is 5.69. The number of nitrogens with two attached hydrogens (primary N) is 1. The summed E-state index contributed by atoms with van der Waals surface area (Å²) in [7, 11) is 0. The third-order valence-corrected chi connectivity index (χ3v) is 2.04. The Labute approximate surface area is 78.4 Å². The van der Waals surface area contributed by atoms with E-state index in [1.807, 2.05) is 0 Å². The van der Waals surface area contributed by atoms with Crippen molar-refractivity contribution in [3.05, 3.63) is 0 Å². The minimum atomic E-state index is -0.166. The summed E-state index contributed by atoms with van der Waals surface area (Å²) in [5.41, 5.74) is 5.26. The molecule has 0 amide bonds. The number of hydrogen-bond acceptors (Lipinski definition) is 4. The van der Waals surface area contributed by atoms with Gasteiger partial charge in [0.2, 0.25) is 0 Å². The van der Waals surface area contributed by atoms with Gasteiger partial charge >= 0.3 is 5.97 Å². The van der Waals surface area contributed by atoms with Crippen molar-refractivity contribution in [2.24, 2.45) is 5.73 Å². The normalized spacial score (nSPS) is 21.8. The summed E-state index contributed by atoms with van der Waals surface area (Å²) in [4.78, 5) is 11.0. The van der Waals surface area contributed by atoms with Crippen LogP contribution in [-0.2, 0) is 14.3 Å². The van der Waals surface area contributed by atoms with Gasteiger partial charge in [-0.15, -0.1) is 0 Å². The van der Waals surface area contributed by atoms with Gasteiger partial charge in [-0.1, -0.05) is 0 Å². The van der Waals surface area contributed by atoms with Gasteiger partial charge in [0.1, 0.15) is 6.61 Å². The predicted octanol–water partition coefficient (Wildman–Crippen LogP) is 0.448. The molecule has 0 aromatic heterocycles. The first kappa shape index (κ1) is 10.5. The molecule has 1 saturated heterocycles. The minimum Gasteiger partial charge on any atom is -0.463 e. The Morgan fingerprint density at radius 1 is 1.62 bits per heavy atom. The maximum atomic E-state index is 11.0. The monoisotopic (exact) mass is 187 g/mol. The zero-order chi connectivity index (χ0) is 9.52. The van der Waals surface area contributed by atoms with Gasteiger partial charge in [-0.05, 0) is 25.8 Å². The average molecular weight is 187 g/mol. The number of ether oxygens (including phenoxy) is 2. The molecule has 4 heteroatoms. The van der Waals surface area contributed by atoms with E-state index in [2.05, 4.69) is 0 Å². The first-order valence-electron chi connectivity index (χ1n) is 4.80. The molecule has 0 spiro atoms. The second-order valence-electron chi connectivity index (χ2n) is 3.21. The van der Waals surface area contributed by atoms with Crippen molar-refractivity contribution in [2.75, 3.05) is 19.8 Å². The minimum absolute atomic E-state index is 0.127. The Hall–Kier alpha value is -0.610. The molecule has 1 aliphatic rings. The number of esters is 1. The number of rotatable bonds is 5. The number of hydrogen-bond donors (Lipinski definition) is 1. The fourth-order valence-electron chi connectivity index (χ4n) is 1.28. The molecule has 0 saturated carbocycles. The lowest BCUT2D eigenvalue weighted by Crippen LogP contribution is -2.18. The molecule has 1 rings (SSSR count). The molecule has 1 aliphatic heterocycles. The lowest BCUT2D eigenvalue weighted by Gasteiger charge is -2.09. The molecule has 13 heavy (non-hydrogen) atoms. The largest absolute Gasteiger partial charge is 0.463 e. The van der Waals surface area contributed by atoms with Crippen molar-refractivity contribution in [2.45, 2.75) is 31.8 Å². The summed E-state index contributed by atoms with van der Waals surface area (Å²) in [6.07, 6.45) is 3.32. The number of carbonyl (C=O) groups is 1. The quantitative estimate of drug-likeness (QED) is 0.635. The van der Waals surface area contributed by atoms with Crippen LogP contribution in [-0.4, -0.2) is 31.8 Å². The van der Waals surface area contributed by atoms with Crippen molar-refractivity contribution < 1.29 is 14.3 Å². The molecule has 1 fully saturated rings. The predicted molar refractivity (Wildman–Crippen MR) is 48.2 cm³/mol. The molecule has 0 aromatic carbocycles. The van der Waals surface area contributed by atoms with Crippen molar-refractivity contribution >= 4 is 5.97 Å². The SMILES string of the molecule is NCCCC(=O)OCC1CCCO1. The van der Waals surface area contributed by atoms with E-state index in [1.54, 1.807) is 0 Å². The van der Waals surface area contributed by atoms with Crippen molar-refractivity contribution in [1.82, 2.24) is 0 Å². The van der Waals surface area contributed by atoms with Crippen LogP contribution in [0.2, 0.25) is 0 Å². The molecule has 1 unspecified atom stereocenters. The van der Waals surface area contributed by atoms with Crippen LogP contribution in [0.4, 0.5) is 0 Å². The summed E-state index contributed by atoms with van der Waals surface area (Å²) in [6, 6.07) is 0. The summed E-state index contributed by atoms with van der Waals surface area (Å²) >= 11 is 0. The Morgan fingerprint density at radius 2 is 2.46 bits per heavy atom. The van der Waals surface area contributed by atoms with Gasteiger partial charge in [0.25, 0.3) is 0 Å². The Balaban J connectivity index is 2.00. The molecule has 1 heterocycles. The van der Waals surface area contributed by atoms with Gasteiger partial charge in [-0.3, -0.25) is 4.79 Å². The van der Waals surface area contributed by atoms with Gasteiger partial charge < -0.3 is 15.2 Å². The van der Waals surface area contributed by atoms with Gasteiger partial charge in [0.15, 0.2) is 0 Å². The Morgan fingerprint density at radius 3 is 3.08 bits per heavy atom. The molecule has 2 N–H and O–H groups in total. The summed E-state index contributed by atoms with van der Waals surface area (Å²) in [5, 5.41) is 0. The summed E-state index contributed by atoms with van der Waals surface area (Å²) < 4.78 is 10.3. The molecule has 0 radical (unpaired) electrons. The van der Waals surface area contributed by atoms with Crippen molar-refractivity contribution in [1.29, 1.82) is 0 Å². The summed E-state index contributed by atoms with van der Waals surface area (Å²) in [6.45, 7) is 1.74. The lowest BCUT2D eigenvalue weighted by molar-refractivity contribution is -0.146. The van der Waals surface area contributed by atoms with Crippen molar-refractivity contribution in [3.63, 3.8) is 0 Å². The third-order valence-electron chi connectivity index (χ3n) is 2.04. The molecule has 0 aromatic rings. The van der Waals surface area contributed by atoms with E-state index in [0.29, 0.717) is 26.0 Å². The van der Waals surface area contributed by atoms with Crippen LogP contribution in [0.25, 0.3) is 0 Å². The first-order chi connectivity index (χ1) is 6.33. The smallest absolute Gasteiger partial charge is 0.305 e. The highest BCUT2D eigenvalue weighted by Crippen LogP contribution is 2.12. The fraction of sp³-hybridized carbons (Fsp3) is 0.889. The van der Waals surface area contributed by atoms with E-state index in [1.165, 1.54) is 0 Å². The average Bonchev–Trinajstić information content (AvgIpc) is 2.64. The highest BCUT2D eigenvalue weighted by atomic mass is 16.6. The number of carbonyl (C=O) groups excluding carboxylic acids is 1. The van der Waals surface area contributed by atoms with Crippen LogP contribution in [0.1, 0.15) is 25.7 Å². The Kier molecular flexibility index (Phi) is 4.78. The van der Waals surface area contributed by atoms with Crippen molar-refractivity contribution in [3.8, 4) is 0 Å². The van der Waals surface area contributed by atoms with E-state index < -0.39 is 0 Å². The van der Waals surface area contributed by atoms with Crippen LogP contribution in [0.15, 0.2) is 0 Å². The molecule has 4 nitrogen and oxygen atoms in total. The molecule has 0 aliphatic carbocycles. The van der Waals surface area contributed by atoms with E-state index in [4.69, 9.17) is 15.2 Å². The standard InChI is InChI=1S/C9H17NO3/c10-5-1-4-9(11)13-7-8-3-2-6-12-8/h8H,1-7,10H2. The Bertz CT molecular complexity index is 155. The van der Waals surface area contributed by atoms with Gasteiger partial charge in [-0.25, -0.2) is 0 Å². The first-order valence-corrected chi connectivity index (χ1v) is 4.80. The third kappa shape index (κ3) is 4.24. The molecule has 76 valence electrons. The second kappa shape index (κ2) is 5.94. The van der Waals surface area contributed by atoms with E-state index >= 15 is 0 Å². The van der Waals surface area contributed by atoms with E-state index in [9.17, 15) is 4.79 Å². The zero-order valence-electron chi connectivity index (χ0n) is 7.83. The van der Waals surface area contributed by atoms with Crippen LogP contribution in [0, 0.1) is 0 Å². The topological polar surface area (TPSA) is 61.6 Å². The van der Waals surface area contributed by atoms with E-state index in [-0.39, 0.29) is 12.1 Å². The van der Waals surface area contributed by atoms with Gasteiger partial charge in [0, 0.05) is 13.0 Å². The second-order valence-corrected chi connectivity index (χ2v) is 3.21. The van der Waals surface area contributed by atoms with Crippen LogP contribution in [0.3, 0.4) is 0 Å². The van der Waals surface area contributed by atoms with Crippen LogP contribution >= 0.6 is 0 Å². The zero-order valence-corrected chi connectivity index (χ0v) is 7.83. The maximum absolute atomic E-state index is 11.0. The van der Waals surface area contributed by atoms with Crippen LogP contribution < -0.4 is 5.73 Å². The molecule has 0 bridgehead atoms. The molecular weight excluding hydrogens is 170 g/mol. The molecular formula is C9H17NO3. The van der Waals surface area contributed by atoms with Gasteiger partial charge in [0.05, 0.1) is 6.10 Å². The summed E-state index contributed by atoms with van der Waals surface area (Å²) in [5.74, 6) is -0.166.